The van der Waals surface area contributed by atoms with E-state index in [2.05, 4.69) is 11.9 Å². The van der Waals surface area contributed by atoms with E-state index in [1.807, 2.05) is 0 Å². The molecule has 0 radical (unpaired) electrons. The molecule has 0 aromatic heterocycles. The molecule has 0 spiro atoms. The van der Waals surface area contributed by atoms with Gasteiger partial charge in [-0.25, -0.2) is 0 Å². The minimum absolute atomic E-state index is 0.494. The lowest BCUT2D eigenvalue weighted by molar-refractivity contribution is 0.281. The maximum atomic E-state index is 5.89. The van der Waals surface area contributed by atoms with Gasteiger partial charge in [0, 0.05) is 18.6 Å². The summed E-state index contributed by atoms with van der Waals surface area (Å²) in [4.78, 5) is 2.47. The summed E-state index contributed by atoms with van der Waals surface area (Å²) < 4.78 is 0. The van der Waals surface area contributed by atoms with Crippen LogP contribution in [0.1, 0.15) is 19.3 Å². The maximum Gasteiger partial charge on any atom is 0.0110 e. The van der Waals surface area contributed by atoms with Gasteiger partial charge in [-0.05, 0) is 32.2 Å². The highest BCUT2D eigenvalue weighted by atomic mass is 15.2. The zero-order chi connectivity index (χ0) is 7.14. The number of nitrogens with zero attached hydrogens (tertiary/aromatic N) is 1. The van der Waals surface area contributed by atoms with Crippen LogP contribution in [0.2, 0.25) is 0 Å². The summed E-state index contributed by atoms with van der Waals surface area (Å²) in [5.41, 5.74) is 5.89. The summed E-state index contributed by atoms with van der Waals surface area (Å²) in [6, 6.07) is 1.31. The van der Waals surface area contributed by atoms with Crippen molar-refractivity contribution >= 4 is 0 Å². The summed E-state index contributed by atoms with van der Waals surface area (Å²) >= 11 is 0. The van der Waals surface area contributed by atoms with Crippen LogP contribution in [-0.4, -0.2) is 30.6 Å². The molecule has 3 atom stereocenters. The van der Waals surface area contributed by atoms with E-state index in [1.54, 1.807) is 0 Å². The van der Waals surface area contributed by atoms with Gasteiger partial charge in [0.25, 0.3) is 0 Å². The number of rotatable bonds is 0. The highest BCUT2D eigenvalue weighted by Crippen LogP contribution is 2.33. The lowest BCUT2D eigenvalue weighted by Gasteiger charge is -2.25. The van der Waals surface area contributed by atoms with E-state index in [4.69, 9.17) is 5.73 Å². The Kier molecular flexibility index (Phi) is 1.46. The van der Waals surface area contributed by atoms with Gasteiger partial charge in [-0.1, -0.05) is 0 Å². The van der Waals surface area contributed by atoms with Crippen molar-refractivity contribution in [1.29, 1.82) is 0 Å². The van der Waals surface area contributed by atoms with Gasteiger partial charge in [-0.2, -0.15) is 0 Å². The van der Waals surface area contributed by atoms with Crippen molar-refractivity contribution in [2.45, 2.75) is 31.3 Å². The molecule has 1 heterocycles. The van der Waals surface area contributed by atoms with Crippen molar-refractivity contribution < 1.29 is 0 Å². The third-order valence-electron chi connectivity index (χ3n) is 2.99. The van der Waals surface area contributed by atoms with Crippen molar-refractivity contribution in [3.63, 3.8) is 0 Å². The molecule has 2 aliphatic rings. The second-order valence-electron chi connectivity index (χ2n) is 3.93. The largest absolute Gasteiger partial charge is 0.328 e. The van der Waals surface area contributed by atoms with E-state index in [-0.39, 0.29) is 0 Å². The summed E-state index contributed by atoms with van der Waals surface area (Å²) in [5.74, 6) is 0.916. The molecule has 0 aromatic carbocycles. The average molecular weight is 140 g/mol. The first-order valence-corrected chi connectivity index (χ1v) is 4.21. The molecule has 58 valence electrons. The lowest BCUT2D eigenvalue weighted by Crippen LogP contribution is -2.34. The van der Waals surface area contributed by atoms with Gasteiger partial charge in [0.15, 0.2) is 0 Å². The van der Waals surface area contributed by atoms with Gasteiger partial charge in [-0.3, -0.25) is 0 Å². The molecule has 1 aliphatic carbocycles. The number of nitrogens with two attached hydrogens (primary N) is 1. The number of hydrogen-bond acceptors (Lipinski definition) is 2. The second-order valence-corrected chi connectivity index (χ2v) is 3.93. The summed E-state index contributed by atoms with van der Waals surface area (Å²) in [7, 11) is 2.22. The Hall–Kier alpha value is -0.0800. The van der Waals surface area contributed by atoms with E-state index in [0.717, 1.165) is 12.0 Å². The van der Waals surface area contributed by atoms with Crippen LogP contribution in [0.15, 0.2) is 0 Å². The molecule has 2 N–H and O–H groups in total. The van der Waals surface area contributed by atoms with Gasteiger partial charge in [0.05, 0.1) is 0 Å². The highest BCUT2D eigenvalue weighted by molar-refractivity contribution is 4.92. The van der Waals surface area contributed by atoms with Gasteiger partial charge >= 0.3 is 0 Å². The number of fused-ring (bicyclic) bond motifs is 2. The molecule has 1 saturated heterocycles. The first-order valence-electron chi connectivity index (χ1n) is 4.21. The maximum absolute atomic E-state index is 5.89. The summed E-state index contributed by atoms with van der Waals surface area (Å²) in [6.07, 6.45) is 3.90. The molecule has 10 heavy (non-hydrogen) atoms. The molecular weight excluding hydrogens is 124 g/mol. The summed E-state index contributed by atoms with van der Waals surface area (Å²) in [6.45, 7) is 1.29. The molecule has 0 amide bonds. The predicted octanol–water partition coefficient (Wildman–Crippen LogP) is 0.428. The number of hydrogen-bond donors (Lipinski definition) is 1. The van der Waals surface area contributed by atoms with Gasteiger partial charge < -0.3 is 10.6 Å². The molecule has 1 aliphatic heterocycles. The Morgan fingerprint density at radius 2 is 2.10 bits per heavy atom. The van der Waals surface area contributed by atoms with E-state index < -0.39 is 0 Å². The smallest absolute Gasteiger partial charge is 0.0110 e. The normalized spacial score (nSPS) is 48.0. The minimum atomic E-state index is 0.494. The van der Waals surface area contributed by atoms with Crippen LogP contribution in [0.3, 0.4) is 0 Å². The van der Waals surface area contributed by atoms with Crippen molar-refractivity contribution in [2.24, 2.45) is 11.7 Å². The quantitative estimate of drug-likeness (QED) is 0.528. The molecule has 2 unspecified atom stereocenters. The van der Waals surface area contributed by atoms with Crippen LogP contribution in [-0.2, 0) is 0 Å². The van der Waals surface area contributed by atoms with Crippen molar-refractivity contribution in [3.05, 3.63) is 0 Å². The third-order valence-corrected chi connectivity index (χ3v) is 2.99. The zero-order valence-electron chi connectivity index (χ0n) is 6.59. The molecule has 2 nitrogen and oxygen atoms in total. The average Bonchev–Trinajstić information content (AvgIpc) is 2.07. The van der Waals surface area contributed by atoms with Crippen LogP contribution >= 0.6 is 0 Å². The highest BCUT2D eigenvalue weighted by Gasteiger charge is 2.35. The van der Waals surface area contributed by atoms with Gasteiger partial charge in [-0.15, -0.1) is 0 Å². The molecule has 2 heteroatoms. The fraction of sp³-hybridized carbons (Fsp3) is 1.00. The SMILES string of the molecule is CN1CC2CC1C[C@@H](N)C2. The zero-order valence-corrected chi connectivity index (χ0v) is 6.59. The fourth-order valence-corrected chi connectivity index (χ4v) is 2.52. The van der Waals surface area contributed by atoms with E-state index >= 15 is 0 Å². The van der Waals surface area contributed by atoms with Crippen LogP contribution in [0.5, 0.6) is 0 Å². The molecule has 2 rings (SSSR count). The standard InChI is InChI=1S/C8H16N2/c1-10-5-6-2-7(9)4-8(10)3-6/h6-8H,2-5,9H2,1H3/t6?,7-,8?/m0/s1. The monoisotopic (exact) mass is 140 g/mol. The van der Waals surface area contributed by atoms with Crippen molar-refractivity contribution in [2.75, 3.05) is 13.6 Å². The minimum Gasteiger partial charge on any atom is -0.328 e. The molecule has 2 fully saturated rings. The van der Waals surface area contributed by atoms with Gasteiger partial charge in [0.1, 0.15) is 0 Å². The summed E-state index contributed by atoms with van der Waals surface area (Å²) in [5, 5.41) is 0. The van der Waals surface area contributed by atoms with Crippen LogP contribution in [0.25, 0.3) is 0 Å². The Balaban J connectivity index is 2.06. The molecule has 0 aromatic rings. The van der Waals surface area contributed by atoms with E-state index in [0.29, 0.717) is 6.04 Å². The fourth-order valence-electron chi connectivity index (χ4n) is 2.52. The Morgan fingerprint density at radius 1 is 1.30 bits per heavy atom. The van der Waals surface area contributed by atoms with Gasteiger partial charge in [0.2, 0.25) is 0 Å². The topological polar surface area (TPSA) is 29.3 Å². The second kappa shape index (κ2) is 2.21. The first kappa shape index (κ1) is 6.62. The van der Waals surface area contributed by atoms with Crippen LogP contribution in [0.4, 0.5) is 0 Å². The Bertz CT molecular complexity index is 130. The van der Waals surface area contributed by atoms with Crippen LogP contribution < -0.4 is 5.73 Å². The number of likely N-dealkylation sites (tertiary alicyclic amines) is 1. The van der Waals surface area contributed by atoms with Crippen molar-refractivity contribution in [3.8, 4) is 0 Å². The molecule has 1 saturated carbocycles. The van der Waals surface area contributed by atoms with Crippen molar-refractivity contribution in [1.82, 2.24) is 4.90 Å². The first-order chi connectivity index (χ1) is 4.75. The molecule has 2 bridgehead atoms. The van der Waals surface area contributed by atoms with E-state index in [1.165, 1.54) is 25.8 Å². The van der Waals surface area contributed by atoms with Crippen LogP contribution in [0, 0.1) is 5.92 Å². The Morgan fingerprint density at radius 3 is 2.80 bits per heavy atom. The molecular formula is C8H16N2. The third kappa shape index (κ3) is 0.956. The predicted molar refractivity (Wildman–Crippen MR) is 41.7 cm³/mol. The van der Waals surface area contributed by atoms with E-state index in [9.17, 15) is 0 Å². The lowest BCUT2D eigenvalue weighted by atomic mass is 9.87. The Labute approximate surface area is 62.4 Å².